The smallest absolute Gasteiger partial charge is 0.122 e. The Labute approximate surface area is 92.4 Å². The monoisotopic (exact) mass is 260 g/mol. The summed E-state index contributed by atoms with van der Waals surface area (Å²) in [6.45, 7) is 0. The lowest BCUT2D eigenvalue weighted by Gasteiger charge is -2.32. The Kier molecular flexibility index (Phi) is 4.51. The van der Waals surface area contributed by atoms with Gasteiger partial charge in [0, 0.05) is 5.25 Å². The van der Waals surface area contributed by atoms with Crippen LogP contribution in [0, 0.1) is 0 Å². The molecule has 5 N–H and O–H groups in total. The Morgan fingerprint density at radius 3 is 2.62 bits per heavy atom. The highest BCUT2D eigenvalue weighted by Gasteiger charge is 2.32. The van der Waals surface area contributed by atoms with Crippen molar-refractivity contribution in [1.29, 1.82) is 0 Å². The zero-order chi connectivity index (χ0) is 10.1. The number of alkyl halides is 1. The Bertz CT molecular complexity index is 225. The molecule has 0 spiro atoms. The molecule has 0 aromatic heterocycles. The van der Waals surface area contributed by atoms with E-state index >= 15 is 0 Å². The van der Waals surface area contributed by atoms with Crippen molar-refractivity contribution in [3.8, 4) is 0 Å². The van der Waals surface area contributed by atoms with Crippen LogP contribution in [0.25, 0.3) is 0 Å². The quantitative estimate of drug-likeness (QED) is 0.517. The lowest BCUT2D eigenvalue weighted by Crippen LogP contribution is -2.35. The van der Waals surface area contributed by atoms with Gasteiger partial charge in [-0.05, 0) is 19.3 Å². The van der Waals surface area contributed by atoms with Crippen LogP contribution in [0.3, 0.4) is 0 Å². The van der Waals surface area contributed by atoms with Crippen molar-refractivity contribution in [3.05, 3.63) is 0 Å². The summed E-state index contributed by atoms with van der Waals surface area (Å²) in [6, 6.07) is 0. The molecule has 7 heteroatoms. The predicted octanol–water partition coefficient (Wildman–Crippen LogP) is 1.38. The van der Waals surface area contributed by atoms with Gasteiger partial charge in [0.05, 0.1) is 11.5 Å². The lowest BCUT2D eigenvalue weighted by atomic mass is 9.97. The van der Waals surface area contributed by atoms with E-state index in [9.17, 15) is 5.11 Å². The summed E-state index contributed by atoms with van der Waals surface area (Å²) in [6.07, 6.45) is 2.25. The second-order valence-corrected chi connectivity index (χ2v) is 10.8. The molecule has 1 aliphatic rings. The summed E-state index contributed by atoms with van der Waals surface area (Å²) >= 11 is 12.4. The van der Waals surface area contributed by atoms with Crippen LogP contribution in [-0.2, 0) is 11.8 Å². The molecule has 0 aliphatic heterocycles. The number of hydrogen-bond acceptors (Lipinski definition) is 3. The van der Waals surface area contributed by atoms with E-state index in [0.29, 0.717) is 0 Å². The maximum absolute atomic E-state index is 9.50. The van der Waals surface area contributed by atoms with Crippen LogP contribution < -0.4 is 11.0 Å². The van der Waals surface area contributed by atoms with Crippen LogP contribution >= 0.6 is 28.5 Å². The van der Waals surface area contributed by atoms with Gasteiger partial charge in [-0.3, -0.25) is 11.0 Å². The van der Waals surface area contributed by atoms with Crippen LogP contribution in [0.4, 0.5) is 0 Å². The average molecular weight is 261 g/mol. The Morgan fingerprint density at radius 2 is 2.08 bits per heavy atom. The molecule has 13 heavy (non-hydrogen) atoms. The number of halogens is 1. The standard InChI is InChI=1S/C6H14ClN2OPS2/c7-6-4(10)2-1-3-5(6)13-11(8,9)12/h4-6,10H,1-3H2,(H4,8,9,12)/t4?,5?,6-/m0/s1. The van der Waals surface area contributed by atoms with Crippen molar-refractivity contribution < 1.29 is 5.11 Å². The SMILES string of the molecule is NP(N)(=S)SC1CCCC(O)[C@@H]1Cl. The Hall–Kier alpha value is 1.17. The molecule has 0 bridgehead atoms. The fraction of sp³-hybridized carbons (Fsp3) is 1.00. The summed E-state index contributed by atoms with van der Waals surface area (Å²) < 4.78 is 0. The van der Waals surface area contributed by atoms with Crippen molar-refractivity contribution in [2.75, 3.05) is 0 Å². The molecular formula is C6H14ClN2OPS2. The van der Waals surface area contributed by atoms with Gasteiger partial charge in [0.2, 0.25) is 0 Å². The van der Waals surface area contributed by atoms with Crippen molar-refractivity contribution in [1.82, 2.24) is 0 Å². The van der Waals surface area contributed by atoms with Gasteiger partial charge in [-0.2, -0.15) is 0 Å². The minimum Gasteiger partial charge on any atom is -0.392 e. The minimum atomic E-state index is -2.24. The second-order valence-electron chi connectivity index (χ2n) is 3.23. The zero-order valence-electron chi connectivity index (χ0n) is 7.10. The van der Waals surface area contributed by atoms with E-state index in [2.05, 4.69) is 0 Å². The molecule has 0 amide bonds. The van der Waals surface area contributed by atoms with Crippen molar-refractivity contribution in [3.63, 3.8) is 0 Å². The molecular weight excluding hydrogens is 247 g/mol. The molecule has 2 unspecified atom stereocenters. The molecule has 1 fully saturated rings. The highest BCUT2D eigenvalue weighted by molar-refractivity contribution is 8.69. The van der Waals surface area contributed by atoms with Gasteiger partial charge in [0.1, 0.15) is 5.54 Å². The zero-order valence-corrected chi connectivity index (χ0v) is 10.4. The fourth-order valence-corrected chi connectivity index (χ4v) is 6.01. The molecule has 78 valence electrons. The number of rotatable bonds is 2. The third-order valence-electron chi connectivity index (χ3n) is 2.01. The van der Waals surface area contributed by atoms with Crippen LogP contribution in [0.1, 0.15) is 19.3 Å². The molecule has 1 rings (SSSR count). The van der Waals surface area contributed by atoms with Gasteiger partial charge < -0.3 is 5.11 Å². The maximum Gasteiger partial charge on any atom is 0.122 e. The molecule has 0 heterocycles. The van der Waals surface area contributed by atoms with Crippen LogP contribution in [-0.4, -0.2) is 21.8 Å². The summed E-state index contributed by atoms with van der Waals surface area (Å²) in [5.41, 5.74) is 8.96. The van der Waals surface area contributed by atoms with Gasteiger partial charge in [0.15, 0.2) is 0 Å². The van der Waals surface area contributed by atoms with Gasteiger partial charge in [-0.1, -0.05) is 23.2 Å². The molecule has 1 aliphatic carbocycles. The molecule has 0 aromatic carbocycles. The summed E-state index contributed by atoms with van der Waals surface area (Å²) in [4.78, 5) is 0. The molecule has 3 atom stereocenters. The van der Waals surface area contributed by atoms with Crippen molar-refractivity contribution in [2.24, 2.45) is 11.0 Å². The number of nitrogens with two attached hydrogens (primary N) is 2. The van der Waals surface area contributed by atoms with E-state index in [-0.39, 0.29) is 10.6 Å². The first kappa shape index (κ1) is 12.2. The van der Waals surface area contributed by atoms with E-state index in [0.717, 1.165) is 19.3 Å². The first-order valence-corrected chi connectivity index (χ1v) is 8.94. The van der Waals surface area contributed by atoms with E-state index in [1.165, 1.54) is 11.4 Å². The van der Waals surface area contributed by atoms with E-state index in [4.69, 9.17) is 34.4 Å². The normalized spacial score (nSPS) is 36.2. The average Bonchev–Trinajstić information content (AvgIpc) is 1.96. The molecule has 0 aromatic rings. The Morgan fingerprint density at radius 1 is 1.46 bits per heavy atom. The van der Waals surface area contributed by atoms with Crippen molar-refractivity contribution in [2.45, 2.75) is 36.0 Å². The maximum atomic E-state index is 9.50. The van der Waals surface area contributed by atoms with Gasteiger partial charge in [-0.15, -0.1) is 11.6 Å². The van der Waals surface area contributed by atoms with Crippen LogP contribution in [0.5, 0.6) is 0 Å². The number of aliphatic hydroxyl groups excluding tert-OH is 1. The topological polar surface area (TPSA) is 72.3 Å². The molecule has 1 saturated carbocycles. The predicted molar refractivity (Wildman–Crippen MR) is 63.5 cm³/mol. The lowest BCUT2D eigenvalue weighted by molar-refractivity contribution is 0.137. The summed E-state index contributed by atoms with van der Waals surface area (Å²) in [5.74, 6) is 0. The third-order valence-corrected chi connectivity index (χ3v) is 6.46. The molecule has 0 saturated heterocycles. The highest BCUT2D eigenvalue weighted by Crippen LogP contribution is 2.50. The van der Waals surface area contributed by atoms with Crippen molar-refractivity contribution >= 4 is 40.3 Å². The minimum absolute atomic E-state index is 0.117. The van der Waals surface area contributed by atoms with E-state index in [1.807, 2.05) is 0 Å². The van der Waals surface area contributed by atoms with Gasteiger partial charge in [-0.25, -0.2) is 0 Å². The second kappa shape index (κ2) is 4.79. The Balaban J connectivity index is 2.54. The fourth-order valence-electron chi connectivity index (χ4n) is 1.42. The molecule has 3 nitrogen and oxygen atoms in total. The molecule has 0 radical (unpaired) electrons. The third kappa shape index (κ3) is 4.04. The van der Waals surface area contributed by atoms with Crippen LogP contribution in [0.15, 0.2) is 0 Å². The number of aliphatic hydroxyl groups is 1. The van der Waals surface area contributed by atoms with E-state index in [1.54, 1.807) is 0 Å². The van der Waals surface area contributed by atoms with Crippen LogP contribution in [0.2, 0.25) is 0 Å². The number of hydrogen-bond donors (Lipinski definition) is 3. The summed E-state index contributed by atoms with van der Waals surface area (Å²) in [7, 11) is 0. The first-order valence-electron chi connectivity index (χ1n) is 4.08. The largest absolute Gasteiger partial charge is 0.392 e. The first-order chi connectivity index (χ1) is 5.90. The van der Waals surface area contributed by atoms with Gasteiger partial charge in [0.25, 0.3) is 0 Å². The summed E-state index contributed by atoms with van der Waals surface area (Å²) in [5, 5.41) is 9.36. The highest BCUT2D eigenvalue weighted by atomic mass is 35.5. The van der Waals surface area contributed by atoms with Gasteiger partial charge >= 0.3 is 0 Å². The van der Waals surface area contributed by atoms with E-state index < -0.39 is 11.6 Å².